The lowest BCUT2D eigenvalue weighted by Gasteiger charge is -2.30. The van der Waals surface area contributed by atoms with Crippen LogP contribution in [0.3, 0.4) is 0 Å². The third-order valence-electron chi connectivity index (χ3n) is 4.65. The zero-order valence-corrected chi connectivity index (χ0v) is 19.4. The maximum absolute atomic E-state index is 14.4. The average Bonchev–Trinajstić information content (AvgIpc) is 2.74. The average molecular weight is 473 g/mol. The zero-order valence-electron chi connectivity index (χ0n) is 16.9. The van der Waals surface area contributed by atoms with Crippen molar-refractivity contribution in [1.29, 1.82) is 0 Å². The molecule has 2 atom stereocenters. The highest BCUT2D eigenvalue weighted by Crippen LogP contribution is 2.59. The molecule has 0 fully saturated rings. The number of benzene rings is 3. The van der Waals surface area contributed by atoms with E-state index in [1.165, 1.54) is 0 Å². The van der Waals surface area contributed by atoms with Crippen LogP contribution in [0.1, 0.15) is 18.3 Å². The van der Waals surface area contributed by atoms with E-state index in [-0.39, 0.29) is 0 Å². The third-order valence-corrected chi connectivity index (χ3v) is 7.95. The van der Waals surface area contributed by atoms with E-state index in [9.17, 15) is 4.57 Å². The van der Waals surface area contributed by atoms with E-state index in [1.807, 2.05) is 105 Å². The van der Waals surface area contributed by atoms with Gasteiger partial charge in [-0.2, -0.15) is 0 Å². The first-order valence-corrected chi connectivity index (χ1v) is 12.0. The van der Waals surface area contributed by atoms with Gasteiger partial charge in [-0.3, -0.25) is 4.57 Å². The summed E-state index contributed by atoms with van der Waals surface area (Å²) < 4.78 is 21.4. The summed E-state index contributed by atoms with van der Waals surface area (Å²) in [5, 5.41) is 4.16. The molecule has 0 amide bonds. The summed E-state index contributed by atoms with van der Waals surface area (Å²) in [7, 11) is 0.690. The van der Waals surface area contributed by atoms with Gasteiger partial charge in [0, 0.05) is 35.2 Å². The van der Waals surface area contributed by atoms with Gasteiger partial charge in [-0.1, -0.05) is 46.3 Å². The summed E-state index contributed by atoms with van der Waals surface area (Å²) in [4.78, 5) is 2.02. The van der Waals surface area contributed by atoms with E-state index < -0.39 is 13.2 Å². The predicted molar refractivity (Wildman–Crippen MR) is 127 cm³/mol. The normalized spacial score (nSPS) is 14.1. The van der Waals surface area contributed by atoms with Gasteiger partial charge in [0.05, 0.1) is 6.61 Å². The lowest BCUT2D eigenvalue weighted by atomic mass is 10.2. The van der Waals surface area contributed by atoms with Crippen LogP contribution < -0.4 is 15.5 Å². The van der Waals surface area contributed by atoms with Crippen LogP contribution >= 0.6 is 23.3 Å². The molecule has 1 N–H and O–H groups in total. The van der Waals surface area contributed by atoms with Crippen LogP contribution in [-0.4, -0.2) is 20.7 Å². The quantitative estimate of drug-likeness (QED) is 0.392. The van der Waals surface area contributed by atoms with Crippen LogP contribution in [0.5, 0.6) is 0 Å². The van der Waals surface area contributed by atoms with Gasteiger partial charge in [0.15, 0.2) is 0 Å². The Bertz CT molecular complexity index is 960. The predicted octanol–water partition coefficient (Wildman–Crippen LogP) is 6.27. The zero-order chi connectivity index (χ0) is 20.9. The lowest BCUT2D eigenvalue weighted by Crippen LogP contribution is -2.21. The van der Waals surface area contributed by atoms with Gasteiger partial charge in [-0.15, -0.1) is 0 Å². The highest BCUT2D eigenvalue weighted by molar-refractivity contribution is 9.10. The summed E-state index contributed by atoms with van der Waals surface area (Å²) >= 11 is 3.48. The Balaban J connectivity index is 2.09. The summed E-state index contributed by atoms with van der Waals surface area (Å²) in [5.41, 5.74) is 2.85. The van der Waals surface area contributed by atoms with Crippen molar-refractivity contribution in [1.82, 2.24) is 0 Å². The molecule has 0 aliphatic carbocycles. The van der Waals surface area contributed by atoms with Crippen molar-refractivity contribution in [2.24, 2.45) is 0 Å². The Hall–Kier alpha value is -2.07. The van der Waals surface area contributed by atoms with E-state index in [4.69, 9.17) is 4.52 Å². The summed E-state index contributed by atoms with van der Waals surface area (Å²) in [6.07, 6.45) is 0. The minimum atomic E-state index is -3.28. The number of anilines is 2. The monoisotopic (exact) mass is 472 g/mol. The van der Waals surface area contributed by atoms with E-state index in [1.54, 1.807) is 0 Å². The van der Waals surface area contributed by atoms with Crippen LogP contribution in [0.15, 0.2) is 83.3 Å². The molecule has 152 valence electrons. The largest absolute Gasteiger partial charge is 0.378 e. The van der Waals surface area contributed by atoms with Crippen molar-refractivity contribution in [3.05, 3.63) is 88.9 Å². The molecule has 3 aromatic carbocycles. The number of halogens is 1. The van der Waals surface area contributed by atoms with Crippen LogP contribution in [-0.2, 0) is 9.09 Å². The van der Waals surface area contributed by atoms with Crippen molar-refractivity contribution >= 4 is 40.0 Å². The fourth-order valence-corrected chi connectivity index (χ4v) is 5.84. The van der Waals surface area contributed by atoms with Gasteiger partial charge >= 0.3 is 0 Å². The van der Waals surface area contributed by atoms with Crippen LogP contribution in [0.25, 0.3) is 0 Å². The maximum Gasteiger partial charge on any atom is 0.258 e. The molecule has 3 aromatic rings. The summed E-state index contributed by atoms with van der Waals surface area (Å²) in [5.74, 6) is -0.511. The molecule has 0 aromatic heterocycles. The molecular weight excluding hydrogens is 447 g/mol. The number of para-hydroxylation sites is 1. The van der Waals surface area contributed by atoms with Crippen molar-refractivity contribution in [3.8, 4) is 0 Å². The molecule has 0 aliphatic rings. The molecular formula is C23H26BrN2O2P. The van der Waals surface area contributed by atoms with Crippen LogP contribution in [0.4, 0.5) is 11.4 Å². The molecule has 0 bridgehead atoms. The Kier molecular flexibility index (Phi) is 7.18. The highest BCUT2D eigenvalue weighted by Gasteiger charge is 2.37. The number of rotatable bonds is 8. The number of nitrogens with zero attached hydrogens (tertiary/aromatic N) is 1. The van der Waals surface area contributed by atoms with Crippen molar-refractivity contribution in [2.75, 3.05) is 30.9 Å². The molecule has 0 heterocycles. The molecule has 0 spiro atoms. The number of nitrogens with one attached hydrogen (secondary N) is 1. The first-order valence-electron chi connectivity index (χ1n) is 9.53. The van der Waals surface area contributed by atoms with E-state index >= 15 is 0 Å². The standard InChI is InChI=1S/C23H26BrN2O2P/c1-4-28-29(27,22-16-14-21(15-17-22)26(2)3)23(18-10-12-19(24)13-11-18)25-20-8-6-5-7-9-20/h5-17,23,25H,4H2,1-3H3. The lowest BCUT2D eigenvalue weighted by molar-refractivity contribution is 0.335. The minimum Gasteiger partial charge on any atom is -0.378 e. The molecule has 0 radical (unpaired) electrons. The number of hydrogen-bond acceptors (Lipinski definition) is 4. The highest BCUT2D eigenvalue weighted by atomic mass is 79.9. The first-order chi connectivity index (χ1) is 13.9. The van der Waals surface area contributed by atoms with Crippen molar-refractivity contribution in [2.45, 2.75) is 12.7 Å². The molecule has 4 nitrogen and oxygen atoms in total. The summed E-state index contributed by atoms with van der Waals surface area (Å²) in [6, 6.07) is 25.4. The van der Waals surface area contributed by atoms with Gasteiger partial charge in [-0.05, 0) is 61.0 Å². The van der Waals surface area contributed by atoms with Crippen LogP contribution in [0, 0.1) is 0 Å². The van der Waals surface area contributed by atoms with Gasteiger partial charge < -0.3 is 14.7 Å². The van der Waals surface area contributed by atoms with Gasteiger partial charge in [0.1, 0.15) is 5.78 Å². The summed E-state index contributed by atoms with van der Waals surface area (Å²) in [6.45, 7) is 2.23. The SMILES string of the molecule is CCOP(=O)(c1ccc(N(C)C)cc1)C(Nc1ccccc1)c1ccc(Br)cc1. The second-order valence-electron chi connectivity index (χ2n) is 6.89. The topological polar surface area (TPSA) is 41.6 Å². The minimum absolute atomic E-state index is 0.357. The number of hydrogen-bond donors (Lipinski definition) is 1. The second kappa shape index (κ2) is 9.62. The Morgan fingerprint density at radius 1 is 0.966 bits per heavy atom. The smallest absolute Gasteiger partial charge is 0.258 e. The van der Waals surface area contributed by atoms with Gasteiger partial charge in [0.2, 0.25) is 0 Å². The Labute approximate surface area is 181 Å². The Morgan fingerprint density at radius 2 is 1.59 bits per heavy atom. The Morgan fingerprint density at radius 3 is 2.14 bits per heavy atom. The molecule has 0 saturated carbocycles. The fraction of sp³-hybridized carbons (Fsp3) is 0.217. The molecule has 6 heteroatoms. The van der Waals surface area contributed by atoms with E-state index in [2.05, 4.69) is 21.2 Å². The van der Waals surface area contributed by atoms with E-state index in [0.717, 1.165) is 21.4 Å². The van der Waals surface area contributed by atoms with Crippen molar-refractivity contribution < 1.29 is 9.09 Å². The molecule has 3 rings (SSSR count). The van der Waals surface area contributed by atoms with Crippen LogP contribution in [0.2, 0.25) is 0 Å². The first kappa shape index (κ1) is 21.6. The fourth-order valence-electron chi connectivity index (χ4n) is 3.15. The molecule has 0 aliphatic heterocycles. The molecule has 0 saturated heterocycles. The van der Waals surface area contributed by atoms with E-state index in [0.29, 0.717) is 11.9 Å². The van der Waals surface area contributed by atoms with Gasteiger partial charge in [0.25, 0.3) is 7.37 Å². The molecule has 29 heavy (non-hydrogen) atoms. The molecule has 2 unspecified atom stereocenters. The van der Waals surface area contributed by atoms with Crippen molar-refractivity contribution in [3.63, 3.8) is 0 Å². The second-order valence-corrected chi connectivity index (χ2v) is 10.3. The maximum atomic E-state index is 14.4. The van der Waals surface area contributed by atoms with Gasteiger partial charge in [-0.25, -0.2) is 0 Å². The third kappa shape index (κ3) is 5.11.